The first-order chi connectivity index (χ1) is 9.79. The van der Waals surface area contributed by atoms with Gasteiger partial charge in [-0.05, 0) is 29.7 Å². The Kier molecular flexibility index (Phi) is 3.52. The van der Waals surface area contributed by atoms with Crippen molar-refractivity contribution in [2.75, 3.05) is 6.61 Å². The molecule has 0 radical (unpaired) electrons. The summed E-state index contributed by atoms with van der Waals surface area (Å²) in [5.74, 6) is -0.0147. The topological polar surface area (TPSA) is 40.5 Å². The van der Waals surface area contributed by atoms with Gasteiger partial charge in [0.05, 0.1) is 12.6 Å². The van der Waals surface area contributed by atoms with Crippen molar-refractivity contribution in [3.05, 3.63) is 71.3 Å². The van der Waals surface area contributed by atoms with Crippen LogP contribution >= 0.6 is 0 Å². The van der Waals surface area contributed by atoms with Crippen LogP contribution in [-0.4, -0.2) is 28.6 Å². The molecule has 1 N–H and O–H groups in total. The summed E-state index contributed by atoms with van der Waals surface area (Å²) < 4.78 is 0. The van der Waals surface area contributed by atoms with Crippen LogP contribution in [0.3, 0.4) is 0 Å². The van der Waals surface area contributed by atoms with Crippen molar-refractivity contribution in [1.29, 1.82) is 0 Å². The Balaban J connectivity index is 1.91. The van der Waals surface area contributed by atoms with Gasteiger partial charge in [0.1, 0.15) is 0 Å². The molecule has 1 amide bonds. The lowest BCUT2D eigenvalue weighted by Crippen LogP contribution is -2.46. The number of nitrogens with zero attached hydrogens (tertiary/aromatic N) is 1. The number of benzene rings is 2. The van der Waals surface area contributed by atoms with Gasteiger partial charge < -0.3 is 10.0 Å². The first-order valence-corrected chi connectivity index (χ1v) is 6.83. The van der Waals surface area contributed by atoms with Crippen molar-refractivity contribution in [3.8, 4) is 0 Å². The molecule has 1 aliphatic heterocycles. The third kappa shape index (κ3) is 2.32. The minimum Gasteiger partial charge on any atom is -0.394 e. The summed E-state index contributed by atoms with van der Waals surface area (Å²) in [6.45, 7) is 0.558. The Morgan fingerprint density at radius 2 is 1.70 bits per heavy atom. The van der Waals surface area contributed by atoms with Crippen molar-refractivity contribution >= 4 is 5.91 Å². The lowest BCUT2D eigenvalue weighted by molar-refractivity contribution is 0.0544. The van der Waals surface area contributed by atoms with Gasteiger partial charge in [-0.15, -0.1) is 0 Å². The number of amides is 1. The van der Waals surface area contributed by atoms with E-state index in [9.17, 15) is 9.90 Å². The number of hydrogen-bond acceptors (Lipinski definition) is 2. The molecule has 1 atom stereocenters. The van der Waals surface area contributed by atoms with Gasteiger partial charge in [-0.25, -0.2) is 0 Å². The number of carbonyl (C=O) groups is 1. The van der Waals surface area contributed by atoms with Crippen LogP contribution in [0.25, 0.3) is 0 Å². The molecule has 1 heterocycles. The summed E-state index contributed by atoms with van der Waals surface area (Å²) in [5, 5.41) is 9.59. The lowest BCUT2D eigenvalue weighted by atomic mass is 9.93. The second kappa shape index (κ2) is 5.47. The van der Waals surface area contributed by atoms with Crippen LogP contribution in [0.15, 0.2) is 54.6 Å². The average Bonchev–Trinajstić information content (AvgIpc) is 2.53. The third-order valence-electron chi connectivity index (χ3n) is 3.85. The van der Waals surface area contributed by atoms with E-state index in [1.807, 2.05) is 48.5 Å². The SMILES string of the molecule is O=C(c1ccccc1)N1Cc2ccccc2C[C@H]1CO. The number of fused-ring (bicyclic) bond motifs is 1. The fourth-order valence-electron chi connectivity index (χ4n) is 2.73. The van der Waals surface area contributed by atoms with Gasteiger partial charge in [-0.2, -0.15) is 0 Å². The van der Waals surface area contributed by atoms with Gasteiger partial charge in [0.25, 0.3) is 5.91 Å². The zero-order valence-corrected chi connectivity index (χ0v) is 11.2. The summed E-state index contributed by atoms with van der Waals surface area (Å²) >= 11 is 0. The van der Waals surface area contributed by atoms with Crippen molar-refractivity contribution < 1.29 is 9.90 Å². The molecule has 0 unspecified atom stereocenters. The van der Waals surface area contributed by atoms with Crippen LogP contribution in [0.2, 0.25) is 0 Å². The van der Waals surface area contributed by atoms with Gasteiger partial charge in [-0.1, -0.05) is 42.5 Å². The van der Waals surface area contributed by atoms with E-state index in [4.69, 9.17) is 0 Å². The maximum absolute atomic E-state index is 12.6. The first-order valence-electron chi connectivity index (χ1n) is 6.83. The molecule has 0 spiro atoms. The van der Waals surface area contributed by atoms with Gasteiger partial charge in [0.2, 0.25) is 0 Å². The monoisotopic (exact) mass is 267 g/mol. The van der Waals surface area contributed by atoms with E-state index in [1.54, 1.807) is 4.90 Å². The summed E-state index contributed by atoms with van der Waals surface area (Å²) in [5.41, 5.74) is 3.07. The highest BCUT2D eigenvalue weighted by atomic mass is 16.3. The van der Waals surface area contributed by atoms with Crippen molar-refractivity contribution in [3.63, 3.8) is 0 Å². The van der Waals surface area contributed by atoms with Crippen LogP contribution < -0.4 is 0 Å². The van der Waals surface area contributed by atoms with Crippen LogP contribution in [0, 0.1) is 0 Å². The van der Waals surface area contributed by atoms with E-state index in [-0.39, 0.29) is 18.6 Å². The molecule has 0 aromatic heterocycles. The number of aliphatic hydroxyl groups excluding tert-OH is 1. The van der Waals surface area contributed by atoms with Crippen LogP contribution in [-0.2, 0) is 13.0 Å². The molecule has 0 aliphatic carbocycles. The standard InChI is InChI=1S/C17H17NO2/c19-12-16-10-14-8-4-5-9-15(14)11-18(16)17(20)13-6-2-1-3-7-13/h1-9,16,19H,10-12H2/t16-/m0/s1. The lowest BCUT2D eigenvalue weighted by Gasteiger charge is -2.36. The fourth-order valence-corrected chi connectivity index (χ4v) is 2.73. The highest BCUT2D eigenvalue weighted by Crippen LogP contribution is 2.24. The normalized spacial score (nSPS) is 17.6. The molecule has 0 bridgehead atoms. The van der Waals surface area contributed by atoms with Gasteiger partial charge in [-0.3, -0.25) is 4.79 Å². The largest absolute Gasteiger partial charge is 0.394 e. The molecular formula is C17H17NO2. The Hall–Kier alpha value is -2.13. The number of carbonyl (C=O) groups excluding carboxylic acids is 1. The molecule has 3 nitrogen and oxygen atoms in total. The second-order valence-corrected chi connectivity index (χ2v) is 5.11. The average molecular weight is 267 g/mol. The summed E-state index contributed by atoms with van der Waals surface area (Å²) in [6.07, 6.45) is 0.714. The predicted octanol–water partition coefficient (Wildman–Crippen LogP) is 2.25. The summed E-state index contributed by atoms with van der Waals surface area (Å²) in [4.78, 5) is 14.4. The van der Waals surface area contributed by atoms with Crippen molar-refractivity contribution in [1.82, 2.24) is 4.90 Å². The highest BCUT2D eigenvalue weighted by Gasteiger charge is 2.29. The van der Waals surface area contributed by atoms with E-state index < -0.39 is 0 Å². The van der Waals surface area contributed by atoms with Crippen LogP contribution in [0.5, 0.6) is 0 Å². The van der Waals surface area contributed by atoms with E-state index in [0.717, 1.165) is 0 Å². The predicted molar refractivity (Wildman–Crippen MR) is 77.3 cm³/mol. The van der Waals surface area contributed by atoms with Crippen LogP contribution in [0.1, 0.15) is 21.5 Å². The molecule has 102 valence electrons. The molecule has 2 aromatic rings. The van der Waals surface area contributed by atoms with E-state index in [2.05, 4.69) is 6.07 Å². The minimum atomic E-state index is -0.141. The molecule has 0 saturated carbocycles. The van der Waals surface area contributed by atoms with Crippen molar-refractivity contribution in [2.45, 2.75) is 19.0 Å². The molecule has 3 heteroatoms. The third-order valence-corrected chi connectivity index (χ3v) is 3.85. The molecule has 20 heavy (non-hydrogen) atoms. The zero-order chi connectivity index (χ0) is 13.9. The fraction of sp³-hybridized carbons (Fsp3) is 0.235. The smallest absolute Gasteiger partial charge is 0.254 e. The summed E-state index contributed by atoms with van der Waals surface area (Å²) in [7, 11) is 0. The van der Waals surface area contributed by atoms with Gasteiger partial charge in [0, 0.05) is 12.1 Å². The maximum atomic E-state index is 12.6. The van der Waals surface area contributed by atoms with Crippen molar-refractivity contribution in [2.24, 2.45) is 0 Å². The molecule has 0 fully saturated rings. The zero-order valence-electron chi connectivity index (χ0n) is 11.2. The molecular weight excluding hydrogens is 250 g/mol. The van der Waals surface area contributed by atoms with E-state index >= 15 is 0 Å². The number of aliphatic hydroxyl groups is 1. The summed E-state index contributed by atoms with van der Waals surface area (Å²) in [6, 6.07) is 17.2. The number of rotatable bonds is 2. The Morgan fingerprint density at radius 1 is 1.05 bits per heavy atom. The van der Waals surface area contributed by atoms with E-state index in [1.165, 1.54) is 11.1 Å². The highest BCUT2D eigenvalue weighted by molar-refractivity contribution is 5.94. The Labute approximate surface area is 118 Å². The number of hydrogen-bond donors (Lipinski definition) is 1. The maximum Gasteiger partial charge on any atom is 0.254 e. The first kappa shape index (κ1) is 12.9. The van der Waals surface area contributed by atoms with E-state index in [0.29, 0.717) is 18.5 Å². The van der Waals surface area contributed by atoms with Crippen LogP contribution in [0.4, 0.5) is 0 Å². The second-order valence-electron chi connectivity index (χ2n) is 5.11. The van der Waals surface area contributed by atoms with Gasteiger partial charge in [0.15, 0.2) is 0 Å². The quantitative estimate of drug-likeness (QED) is 0.906. The minimum absolute atomic E-state index is 0.00704. The Morgan fingerprint density at radius 3 is 2.40 bits per heavy atom. The van der Waals surface area contributed by atoms with Gasteiger partial charge >= 0.3 is 0 Å². The molecule has 3 rings (SSSR count). The Bertz CT molecular complexity index is 609. The molecule has 1 aliphatic rings. The molecule has 2 aromatic carbocycles. The molecule has 0 saturated heterocycles.